The molecular formula is C25H35N3O5S2. The summed E-state index contributed by atoms with van der Waals surface area (Å²) in [6.07, 6.45) is 2.44. The highest BCUT2D eigenvalue weighted by molar-refractivity contribution is 7.94. The van der Waals surface area contributed by atoms with E-state index in [0.717, 1.165) is 30.3 Å². The Hall–Kier alpha value is -2.14. The van der Waals surface area contributed by atoms with Gasteiger partial charge in [-0.1, -0.05) is 13.0 Å². The van der Waals surface area contributed by atoms with Crippen LogP contribution in [0.4, 0.5) is 5.69 Å². The molecule has 1 saturated carbocycles. The number of fused-ring (bicyclic) bond motifs is 1. The minimum Gasteiger partial charge on any atom is -0.488 e. The zero-order valence-electron chi connectivity index (χ0n) is 20.5. The predicted octanol–water partition coefficient (Wildman–Crippen LogP) is 3.04. The van der Waals surface area contributed by atoms with Crippen molar-refractivity contribution in [1.29, 1.82) is 0 Å². The highest BCUT2D eigenvalue weighted by Crippen LogP contribution is 2.32. The molecule has 1 amide bonds. The average molecular weight is 522 g/mol. The number of hydrogen-bond acceptors (Lipinski definition) is 7. The zero-order chi connectivity index (χ0) is 25.2. The summed E-state index contributed by atoms with van der Waals surface area (Å²) in [5, 5.41) is 11.5. The molecular weight excluding hydrogens is 486 g/mol. The molecule has 10 heteroatoms. The van der Waals surface area contributed by atoms with Crippen molar-refractivity contribution >= 4 is 33.0 Å². The molecule has 2 heterocycles. The van der Waals surface area contributed by atoms with Crippen LogP contribution in [0.1, 0.15) is 32.3 Å². The fourth-order valence-corrected chi connectivity index (χ4v) is 6.50. The highest BCUT2D eigenvalue weighted by Gasteiger charge is 2.32. The second kappa shape index (κ2) is 10.9. The molecule has 1 aromatic carbocycles. The maximum absolute atomic E-state index is 13.3. The van der Waals surface area contributed by atoms with Crippen molar-refractivity contribution < 1.29 is 23.1 Å². The van der Waals surface area contributed by atoms with Crippen molar-refractivity contribution in [2.75, 3.05) is 38.0 Å². The van der Waals surface area contributed by atoms with Gasteiger partial charge in [0.25, 0.3) is 10.0 Å². The van der Waals surface area contributed by atoms with E-state index in [1.54, 1.807) is 40.6 Å². The number of ether oxygens (including phenoxy) is 1. The summed E-state index contributed by atoms with van der Waals surface area (Å²) in [7, 11) is -1.61. The Bertz CT molecular complexity index is 1120. The molecule has 2 aromatic rings. The van der Waals surface area contributed by atoms with E-state index in [1.165, 1.54) is 12.8 Å². The number of benzene rings is 1. The molecule has 192 valence electrons. The first kappa shape index (κ1) is 25.9. The maximum Gasteiger partial charge on any atom is 0.271 e. The number of likely N-dealkylation sites (N-methyl/N-ethyl adjacent to an activating group) is 1. The topological polar surface area (TPSA) is 99.2 Å². The Morgan fingerprint density at radius 2 is 2.06 bits per heavy atom. The van der Waals surface area contributed by atoms with Crippen molar-refractivity contribution in [2.24, 2.45) is 11.8 Å². The van der Waals surface area contributed by atoms with Crippen LogP contribution in [-0.2, 0) is 21.2 Å². The van der Waals surface area contributed by atoms with E-state index in [0.29, 0.717) is 23.5 Å². The van der Waals surface area contributed by atoms with E-state index in [1.807, 2.05) is 6.92 Å². The van der Waals surface area contributed by atoms with E-state index in [-0.39, 0.29) is 41.2 Å². The first-order valence-electron chi connectivity index (χ1n) is 12.1. The molecule has 1 aliphatic carbocycles. The van der Waals surface area contributed by atoms with Crippen molar-refractivity contribution in [2.45, 2.75) is 49.5 Å². The number of nitrogens with one attached hydrogen (secondary N) is 1. The quantitative estimate of drug-likeness (QED) is 0.526. The molecule has 1 fully saturated rings. The van der Waals surface area contributed by atoms with Crippen molar-refractivity contribution in [3.63, 3.8) is 0 Å². The molecule has 0 bridgehead atoms. The maximum atomic E-state index is 13.3. The molecule has 3 atom stereocenters. The van der Waals surface area contributed by atoms with Gasteiger partial charge in [-0.3, -0.25) is 9.52 Å². The summed E-state index contributed by atoms with van der Waals surface area (Å²) < 4.78 is 34.8. The molecule has 0 unspecified atom stereocenters. The molecule has 0 radical (unpaired) electrons. The largest absolute Gasteiger partial charge is 0.488 e. The number of amides is 1. The third-order valence-corrected chi connectivity index (χ3v) is 9.47. The van der Waals surface area contributed by atoms with Crippen molar-refractivity contribution in [3.8, 4) is 5.75 Å². The summed E-state index contributed by atoms with van der Waals surface area (Å²) in [4.78, 5) is 17.3. The molecule has 0 saturated heterocycles. The van der Waals surface area contributed by atoms with Crippen LogP contribution in [0, 0.1) is 11.8 Å². The number of aliphatic hydroxyl groups is 1. The number of aliphatic hydroxyl groups excluding tert-OH is 1. The number of thiophene rings is 1. The average Bonchev–Trinajstić information content (AvgIpc) is 3.42. The van der Waals surface area contributed by atoms with Crippen LogP contribution in [0.15, 0.2) is 39.9 Å². The van der Waals surface area contributed by atoms with Gasteiger partial charge in [-0.25, -0.2) is 8.42 Å². The lowest BCUT2D eigenvalue weighted by Gasteiger charge is -2.34. The SMILES string of the molecule is C[C@H]1CN([C@@H](C)CO)C(=O)Cc2cc(NS(=O)(=O)c3cccs3)ccc2O[C@H]1CN(C)CC1CC1. The van der Waals surface area contributed by atoms with Crippen LogP contribution in [0.3, 0.4) is 0 Å². The molecule has 2 aliphatic rings. The number of hydrogen-bond donors (Lipinski definition) is 2. The Morgan fingerprint density at radius 3 is 2.71 bits per heavy atom. The molecule has 2 N–H and O–H groups in total. The first-order valence-corrected chi connectivity index (χ1v) is 14.5. The van der Waals surface area contributed by atoms with Crippen LogP contribution in [0.5, 0.6) is 5.75 Å². The number of anilines is 1. The normalized spacial score (nSPS) is 22.1. The van der Waals surface area contributed by atoms with Gasteiger partial charge in [0.15, 0.2) is 0 Å². The van der Waals surface area contributed by atoms with E-state index in [2.05, 4.69) is 23.6 Å². The van der Waals surface area contributed by atoms with Crippen LogP contribution in [0.2, 0.25) is 0 Å². The molecule has 35 heavy (non-hydrogen) atoms. The van der Waals surface area contributed by atoms with Gasteiger partial charge in [0, 0.05) is 36.8 Å². The van der Waals surface area contributed by atoms with Gasteiger partial charge < -0.3 is 19.6 Å². The van der Waals surface area contributed by atoms with Crippen LogP contribution < -0.4 is 9.46 Å². The van der Waals surface area contributed by atoms with Crippen LogP contribution >= 0.6 is 11.3 Å². The van der Waals surface area contributed by atoms with E-state index >= 15 is 0 Å². The molecule has 8 nitrogen and oxygen atoms in total. The molecule has 0 spiro atoms. The second-order valence-electron chi connectivity index (χ2n) is 9.91. The Kier molecular flexibility index (Phi) is 8.05. The zero-order valence-corrected chi connectivity index (χ0v) is 22.1. The first-order chi connectivity index (χ1) is 16.7. The highest BCUT2D eigenvalue weighted by atomic mass is 32.2. The fraction of sp³-hybridized carbons (Fsp3) is 0.560. The summed E-state index contributed by atoms with van der Waals surface area (Å²) >= 11 is 1.14. The number of nitrogens with zero attached hydrogens (tertiary/aromatic N) is 2. The Morgan fingerprint density at radius 1 is 1.29 bits per heavy atom. The van der Waals surface area contributed by atoms with Gasteiger partial charge in [0.1, 0.15) is 16.1 Å². The lowest BCUT2D eigenvalue weighted by Crippen LogP contribution is -2.47. The van der Waals surface area contributed by atoms with Gasteiger partial charge >= 0.3 is 0 Å². The monoisotopic (exact) mass is 521 g/mol. The van der Waals surface area contributed by atoms with E-state index in [4.69, 9.17) is 4.74 Å². The second-order valence-corrected chi connectivity index (χ2v) is 12.8. The number of sulfonamides is 1. The number of carbonyl (C=O) groups excluding carboxylic acids is 1. The lowest BCUT2D eigenvalue weighted by molar-refractivity contribution is -0.134. The smallest absolute Gasteiger partial charge is 0.271 e. The van der Waals surface area contributed by atoms with Gasteiger partial charge in [-0.05, 0) is 62.4 Å². The lowest BCUT2D eigenvalue weighted by atomic mass is 10.0. The third-order valence-electron chi connectivity index (χ3n) is 6.69. The summed E-state index contributed by atoms with van der Waals surface area (Å²) in [5.41, 5.74) is 1.01. The summed E-state index contributed by atoms with van der Waals surface area (Å²) in [5.74, 6) is 1.27. The standard InChI is InChI=1S/C25H35N3O5S2/c1-17-13-28(18(2)16-29)24(30)12-20-11-21(26-35(31,32)25-5-4-10-34-25)8-9-22(20)33-23(17)15-27(3)14-19-6-7-19/h4-5,8-11,17-19,23,26,29H,6-7,12-16H2,1-3H3/t17-,18-,23-/m0/s1. The van der Waals surface area contributed by atoms with Gasteiger partial charge in [-0.15, -0.1) is 11.3 Å². The predicted molar refractivity (Wildman–Crippen MR) is 137 cm³/mol. The minimum atomic E-state index is -3.71. The summed E-state index contributed by atoms with van der Waals surface area (Å²) in [6, 6.07) is 8.03. The summed E-state index contributed by atoms with van der Waals surface area (Å²) in [6.45, 7) is 6.02. The third kappa shape index (κ3) is 6.55. The minimum absolute atomic E-state index is 0.0394. The Labute approximate surface area is 211 Å². The molecule has 1 aliphatic heterocycles. The van der Waals surface area contributed by atoms with Gasteiger partial charge in [0.2, 0.25) is 5.91 Å². The van der Waals surface area contributed by atoms with E-state index in [9.17, 15) is 18.3 Å². The Balaban J connectivity index is 1.63. The van der Waals surface area contributed by atoms with Crippen LogP contribution in [-0.4, -0.2) is 74.7 Å². The van der Waals surface area contributed by atoms with Crippen molar-refractivity contribution in [1.82, 2.24) is 9.80 Å². The van der Waals surface area contributed by atoms with Crippen LogP contribution in [0.25, 0.3) is 0 Å². The van der Waals surface area contributed by atoms with Crippen molar-refractivity contribution in [3.05, 3.63) is 41.3 Å². The fourth-order valence-electron chi connectivity index (χ4n) is 4.46. The van der Waals surface area contributed by atoms with Gasteiger partial charge in [-0.2, -0.15) is 0 Å². The molecule has 1 aromatic heterocycles. The van der Waals surface area contributed by atoms with E-state index < -0.39 is 10.0 Å². The number of carbonyl (C=O) groups is 1. The molecule has 4 rings (SSSR count). The number of rotatable bonds is 9. The van der Waals surface area contributed by atoms with Gasteiger partial charge in [0.05, 0.1) is 19.1 Å².